The van der Waals surface area contributed by atoms with Crippen LogP contribution in [0.3, 0.4) is 0 Å². The number of anilines is 1. The van der Waals surface area contributed by atoms with Crippen LogP contribution >= 0.6 is 27.7 Å². The van der Waals surface area contributed by atoms with Crippen molar-refractivity contribution in [1.29, 1.82) is 0 Å². The van der Waals surface area contributed by atoms with Crippen LogP contribution in [0.15, 0.2) is 57.9 Å². The van der Waals surface area contributed by atoms with Crippen molar-refractivity contribution in [2.45, 2.75) is 24.0 Å². The van der Waals surface area contributed by atoms with E-state index in [1.54, 1.807) is 11.8 Å². The van der Waals surface area contributed by atoms with Gasteiger partial charge in [0.05, 0.1) is 5.25 Å². The summed E-state index contributed by atoms with van der Waals surface area (Å²) in [7, 11) is 0. The van der Waals surface area contributed by atoms with Crippen molar-refractivity contribution in [3.8, 4) is 0 Å². The van der Waals surface area contributed by atoms with Crippen molar-refractivity contribution in [2.24, 2.45) is 0 Å². The number of hydrogen-bond donors (Lipinski definition) is 1. The zero-order chi connectivity index (χ0) is 14.5. The minimum absolute atomic E-state index is 0.0155. The van der Waals surface area contributed by atoms with E-state index in [1.165, 1.54) is 5.56 Å². The van der Waals surface area contributed by atoms with Crippen LogP contribution in [0, 0.1) is 6.92 Å². The number of carbonyl (C=O) groups excluding carboxylic acids is 1. The SMILES string of the molecule is Cc1ccc(NC(=O)[C@H](C)Sc2ccc(Br)cc2)cc1. The summed E-state index contributed by atoms with van der Waals surface area (Å²) in [6.07, 6.45) is 0. The highest BCUT2D eigenvalue weighted by Crippen LogP contribution is 2.25. The fourth-order valence-electron chi connectivity index (χ4n) is 1.65. The molecule has 0 aromatic heterocycles. The summed E-state index contributed by atoms with van der Waals surface area (Å²) in [5.41, 5.74) is 2.02. The molecule has 0 aliphatic carbocycles. The largest absolute Gasteiger partial charge is 0.325 e. The predicted molar refractivity (Wildman–Crippen MR) is 89.3 cm³/mol. The standard InChI is InChI=1S/C16H16BrNOS/c1-11-3-7-14(8-4-11)18-16(19)12(2)20-15-9-5-13(17)6-10-15/h3-10,12H,1-2H3,(H,18,19)/t12-/m0/s1. The highest BCUT2D eigenvalue weighted by molar-refractivity contribution is 9.10. The molecule has 1 amide bonds. The summed E-state index contributed by atoms with van der Waals surface area (Å²) in [4.78, 5) is 13.2. The Morgan fingerprint density at radius 2 is 1.70 bits per heavy atom. The van der Waals surface area contributed by atoms with Gasteiger partial charge >= 0.3 is 0 Å². The van der Waals surface area contributed by atoms with E-state index in [2.05, 4.69) is 21.2 Å². The Labute approximate surface area is 132 Å². The molecule has 2 rings (SSSR count). The van der Waals surface area contributed by atoms with Gasteiger partial charge in [-0.3, -0.25) is 4.79 Å². The number of carbonyl (C=O) groups is 1. The summed E-state index contributed by atoms with van der Waals surface area (Å²) in [5.74, 6) is 0.0155. The van der Waals surface area contributed by atoms with Crippen molar-refractivity contribution in [2.75, 3.05) is 5.32 Å². The molecule has 4 heteroatoms. The average molecular weight is 350 g/mol. The second kappa shape index (κ2) is 6.95. The molecule has 0 heterocycles. The minimum atomic E-state index is -0.141. The Kier molecular flexibility index (Phi) is 5.26. The van der Waals surface area contributed by atoms with Gasteiger partial charge in [0.15, 0.2) is 0 Å². The Hall–Kier alpha value is -1.26. The van der Waals surface area contributed by atoms with E-state index in [4.69, 9.17) is 0 Å². The molecule has 0 aliphatic rings. The molecule has 2 aromatic carbocycles. The third kappa shape index (κ3) is 4.39. The van der Waals surface area contributed by atoms with E-state index in [1.807, 2.05) is 62.4 Å². The molecule has 0 saturated heterocycles. The van der Waals surface area contributed by atoms with Gasteiger partial charge < -0.3 is 5.32 Å². The van der Waals surface area contributed by atoms with E-state index in [0.29, 0.717) is 0 Å². The zero-order valence-electron chi connectivity index (χ0n) is 11.4. The molecular formula is C16H16BrNOS. The predicted octanol–water partition coefficient (Wildman–Crippen LogP) is 4.88. The molecule has 20 heavy (non-hydrogen) atoms. The lowest BCUT2D eigenvalue weighted by molar-refractivity contribution is -0.115. The zero-order valence-corrected chi connectivity index (χ0v) is 13.8. The quantitative estimate of drug-likeness (QED) is 0.797. The van der Waals surface area contributed by atoms with Crippen molar-refractivity contribution in [1.82, 2.24) is 0 Å². The van der Waals surface area contributed by atoms with Gasteiger partial charge in [0, 0.05) is 15.1 Å². The Bertz CT molecular complexity index is 580. The van der Waals surface area contributed by atoms with E-state index < -0.39 is 0 Å². The summed E-state index contributed by atoms with van der Waals surface area (Å²) in [6, 6.07) is 15.8. The minimum Gasteiger partial charge on any atom is -0.325 e. The third-order valence-corrected chi connectivity index (χ3v) is 4.46. The van der Waals surface area contributed by atoms with Crippen molar-refractivity contribution >= 4 is 39.3 Å². The number of amides is 1. The lowest BCUT2D eigenvalue weighted by atomic mass is 10.2. The molecule has 0 saturated carbocycles. The van der Waals surface area contributed by atoms with E-state index in [0.717, 1.165) is 15.1 Å². The van der Waals surface area contributed by atoms with Gasteiger partial charge in [0.25, 0.3) is 0 Å². The van der Waals surface area contributed by atoms with Crippen LogP contribution in [0.5, 0.6) is 0 Å². The maximum Gasteiger partial charge on any atom is 0.237 e. The van der Waals surface area contributed by atoms with Crippen LogP contribution in [0.2, 0.25) is 0 Å². The lowest BCUT2D eigenvalue weighted by Crippen LogP contribution is -2.22. The molecule has 1 atom stereocenters. The van der Waals surface area contributed by atoms with Crippen LogP contribution in [0.4, 0.5) is 5.69 Å². The van der Waals surface area contributed by atoms with Crippen LogP contribution in [-0.2, 0) is 4.79 Å². The van der Waals surface area contributed by atoms with Gasteiger partial charge in [-0.15, -0.1) is 11.8 Å². The fourth-order valence-corrected chi connectivity index (χ4v) is 2.78. The molecule has 2 nitrogen and oxygen atoms in total. The van der Waals surface area contributed by atoms with Gasteiger partial charge in [0.2, 0.25) is 5.91 Å². The Morgan fingerprint density at radius 3 is 2.30 bits per heavy atom. The smallest absolute Gasteiger partial charge is 0.237 e. The van der Waals surface area contributed by atoms with Crippen LogP contribution < -0.4 is 5.32 Å². The number of nitrogens with one attached hydrogen (secondary N) is 1. The number of halogens is 1. The van der Waals surface area contributed by atoms with Crippen molar-refractivity contribution in [3.05, 3.63) is 58.6 Å². The van der Waals surface area contributed by atoms with Gasteiger partial charge in [-0.25, -0.2) is 0 Å². The molecule has 0 fully saturated rings. The van der Waals surface area contributed by atoms with Crippen molar-refractivity contribution < 1.29 is 4.79 Å². The molecular weight excluding hydrogens is 334 g/mol. The molecule has 2 aromatic rings. The maximum absolute atomic E-state index is 12.1. The molecule has 0 unspecified atom stereocenters. The fraction of sp³-hybridized carbons (Fsp3) is 0.188. The van der Waals surface area contributed by atoms with Crippen LogP contribution in [0.1, 0.15) is 12.5 Å². The highest BCUT2D eigenvalue weighted by atomic mass is 79.9. The summed E-state index contributed by atoms with van der Waals surface area (Å²) in [6.45, 7) is 3.94. The topological polar surface area (TPSA) is 29.1 Å². The van der Waals surface area contributed by atoms with Gasteiger partial charge in [-0.05, 0) is 50.2 Å². The van der Waals surface area contributed by atoms with Gasteiger partial charge in [0.1, 0.15) is 0 Å². The first-order valence-electron chi connectivity index (χ1n) is 6.34. The maximum atomic E-state index is 12.1. The molecule has 0 aliphatic heterocycles. The highest BCUT2D eigenvalue weighted by Gasteiger charge is 2.14. The lowest BCUT2D eigenvalue weighted by Gasteiger charge is -2.12. The second-order valence-electron chi connectivity index (χ2n) is 4.57. The van der Waals surface area contributed by atoms with E-state index >= 15 is 0 Å². The normalized spacial score (nSPS) is 11.9. The Morgan fingerprint density at radius 1 is 1.10 bits per heavy atom. The number of aryl methyl sites for hydroxylation is 1. The van der Waals surface area contributed by atoms with Gasteiger partial charge in [-0.2, -0.15) is 0 Å². The summed E-state index contributed by atoms with van der Waals surface area (Å²) >= 11 is 4.95. The monoisotopic (exact) mass is 349 g/mol. The molecule has 0 radical (unpaired) electrons. The van der Waals surface area contributed by atoms with E-state index in [-0.39, 0.29) is 11.2 Å². The first-order valence-corrected chi connectivity index (χ1v) is 8.01. The van der Waals surface area contributed by atoms with Gasteiger partial charge in [-0.1, -0.05) is 33.6 Å². The molecule has 0 bridgehead atoms. The van der Waals surface area contributed by atoms with Crippen LogP contribution in [-0.4, -0.2) is 11.2 Å². The number of rotatable bonds is 4. The molecule has 104 valence electrons. The second-order valence-corrected chi connectivity index (χ2v) is 6.90. The van der Waals surface area contributed by atoms with E-state index in [9.17, 15) is 4.79 Å². The Balaban J connectivity index is 1.94. The number of benzene rings is 2. The third-order valence-electron chi connectivity index (χ3n) is 2.81. The average Bonchev–Trinajstić information content (AvgIpc) is 2.44. The molecule has 0 spiro atoms. The number of thioether (sulfide) groups is 1. The number of hydrogen-bond acceptors (Lipinski definition) is 2. The first-order chi connectivity index (χ1) is 9.54. The summed E-state index contributed by atoms with van der Waals surface area (Å²) in [5, 5.41) is 2.79. The molecule has 1 N–H and O–H groups in total. The van der Waals surface area contributed by atoms with Crippen LogP contribution in [0.25, 0.3) is 0 Å². The summed E-state index contributed by atoms with van der Waals surface area (Å²) < 4.78 is 1.04. The van der Waals surface area contributed by atoms with Crippen molar-refractivity contribution in [3.63, 3.8) is 0 Å². The first kappa shape index (κ1) is 15.1.